The summed E-state index contributed by atoms with van der Waals surface area (Å²) in [5.41, 5.74) is 1.54. The highest BCUT2D eigenvalue weighted by atomic mass is 32.2. The first-order chi connectivity index (χ1) is 7.13. The number of aliphatic hydroxyl groups excluding tert-OH is 1. The minimum atomic E-state index is -0.536. The minimum absolute atomic E-state index is 0.270. The van der Waals surface area contributed by atoms with Gasteiger partial charge in [0.1, 0.15) is 5.82 Å². The van der Waals surface area contributed by atoms with E-state index < -0.39 is 6.10 Å². The highest BCUT2D eigenvalue weighted by molar-refractivity contribution is 7.98. The molecule has 1 aromatic carbocycles. The van der Waals surface area contributed by atoms with Crippen molar-refractivity contribution in [3.63, 3.8) is 0 Å². The topological polar surface area (TPSA) is 20.2 Å². The second-order valence-electron chi connectivity index (χ2n) is 3.71. The Morgan fingerprint density at radius 1 is 1.40 bits per heavy atom. The van der Waals surface area contributed by atoms with Gasteiger partial charge in [-0.25, -0.2) is 4.39 Å². The highest BCUT2D eigenvalue weighted by Gasteiger charge is 2.08. The van der Waals surface area contributed by atoms with Crippen LogP contribution in [0.4, 0.5) is 4.39 Å². The van der Waals surface area contributed by atoms with Crippen LogP contribution in [0.15, 0.2) is 18.2 Å². The first-order valence-electron chi connectivity index (χ1n) is 5.07. The van der Waals surface area contributed by atoms with E-state index in [0.29, 0.717) is 12.0 Å². The van der Waals surface area contributed by atoms with Crippen LogP contribution in [0.2, 0.25) is 0 Å². The molecular weight excluding hydrogens is 211 g/mol. The molecule has 0 aliphatic heterocycles. The number of hydrogen-bond acceptors (Lipinski definition) is 2. The van der Waals surface area contributed by atoms with Gasteiger partial charge in [-0.05, 0) is 55.0 Å². The van der Waals surface area contributed by atoms with Gasteiger partial charge in [0.05, 0.1) is 6.10 Å². The summed E-state index contributed by atoms with van der Waals surface area (Å²) in [4.78, 5) is 0. The molecule has 84 valence electrons. The maximum Gasteiger partial charge on any atom is 0.123 e. The van der Waals surface area contributed by atoms with Crippen molar-refractivity contribution < 1.29 is 9.50 Å². The predicted molar refractivity (Wildman–Crippen MR) is 63.7 cm³/mol. The molecule has 0 aliphatic rings. The summed E-state index contributed by atoms with van der Waals surface area (Å²) < 4.78 is 13.1. The number of rotatable bonds is 5. The van der Waals surface area contributed by atoms with Gasteiger partial charge in [0.15, 0.2) is 0 Å². The predicted octanol–water partition coefficient (Wildman–Crippen LogP) is 3.31. The van der Waals surface area contributed by atoms with Gasteiger partial charge in [-0.15, -0.1) is 0 Å². The van der Waals surface area contributed by atoms with Crippen LogP contribution >= 0.6 is 11.8 Å². The van der Waals surface area contributed by atoms with Crippen molar-refractivity contribution in [2.45, 2.75) is 25.9 Å². The van der Waals surface area contributed by atoms with Crippen molar-refractivity contribution in [3.05, 3.63) is 35.1 Å². The third-order valence-corrected chi connectivity index (χ3v) is 2.97. The van der Waals surface area contributed by atoms with Crippen LogP contribution in [0.5, 0.6) is 0 Å². The molecule has 15 heavy (non-hydrogen) atoms. The molecule has 1 atom stereocenters. The van der Waals surface area contributed by atoms with Gasteiger partial charge < -0.3 is 5.11 Å². The second kappa shape index (κ2) is 6.13. The van der Waals surface area contributed by atoms with Gasteiger partial charge in [0, 0.05) is 0 Å². The first kappa shape index (κ1) is 12.5. The second-order valence-corrected chi connectivity index (χ2v) is 4.70. The van der Waals surface area contributed by atoms with E-state index in [2.05, 4.69) is 0 Å². The molecule has 1 unspecified atom stereocenters. The van der Waals surface area contributed by atoms with E-state index in [1.807, 2.05) is 19.2 Å². The molecule has 1 rings (SSSR count). The molecule has 0 aromatic heterocycles. The summed E-state index contributed by atoms with van der Waals surface area (Å²) in [6, 6.07) is 4.72. The van der Waals surface area contributed by atoms with Crippen LogP contribution in [0.3, 0.4) is 0 Å². The van der Waals surface area contributed by atoms with Crippen LogP contribution in [0.1, 0.15) is 30.1 Å². The zero-order valence-electron chi connectivity index (χ0n) is 9.16. The van der Waals surface area contributed by atoms with Crippen LogP contribution in [-0.4, -0.2) is 17.1 Å². The lowest BCUT2D eigenvalue weighted by atomic mass is 10.0. The Morgan fingerprint density at radius 3 is 2.73 bits per heavy atom. The lowest BCUT2D eigenvalue weighted by Crippen LogP contribution is -1.99. The van der Waals surface area contributed by atoms with Crippen molar-refractivity contribution >= 4 is 11.8 Å². The SMILES string of the molecule is CSCCCC(O)c1cc(C)cc(F)c1. The van der Waals surface area contributed by atoms with Gasteiger partial charge in [0.25, 0.3) is 0 Å². The van der Waals surface area contributed by atoms with Gasteiger partial charge >= 0.3 is 0 Å². The van der Waals surface area contributed by atoms with Crippen molar-refractivity contribution in [2.75, 3.05) is 12.0 Å². The van der Waals surface area contributed by atoms with E-state index in [0.717, 1.165) is 17.7 Å². The van der Waals surface area contributed by atoms with Crippen LogP contribution < -0.4 is 0 Å². The fourth-order valence-corrected chi connectivity index (χ4v) is 2.00. The van der Waals surface area contributed by atoms with E-state index in [1.54, 1.807) is 11.8 Å². The van der Waals surface area contributed by atoms with Crippen LogP contribution in [0.25, 0.3) is 0 Å². The maximum atomic E-state index is 13.1. The lowest BCUT2D eigenvalue weighted by molar-refractivity contribution is 0.166. The van der Waals surface area contributed by atoms with Crippen LogP contribution in [0, 0.1) is 12.7 Å². The Bertz CT molecular complexity index is 294. The van der Waals surface area contributed by atoms with E-state index in [1.165, 1.54) is 12.1 Å². The van der Waals surface area contributed by atoms with Crippen molar-refractivity contribution in [1.82, 2.24) is 0 Å². The fourth-order valence-electron chi connectivity index (χ4n) is 1.54. The average Bonchev–Trinajstić information content (AvgIpc) is 2.16. The Kier molecular flexibility index (Phi) is 5.12. The summed E-state index contributed by atoms with van der Waals surface area (Å²) in [7, 11) is 0. The standard InChI is InChI=1S/C12H17FOS/c1-9-6-10(8-11(13)7-9)12(14)4-3-5-15-2/h6-8,12,14H,3-5H2,1-2H3. The highest BCUT2D eigenvalue weighted by Crippen LogP contribution is 2.21. The molecular formula is C12H17FOS. The summed E-state index contributed by atoms with van der Waals surface area (Å²) >= 11 is 1.76. The molecule has 0 amide bonds. The molecule has 1 N–H and O–H groups in total. The van der Waals surface area contributed by atoms with E-state index in [-0.39, 0.29) is 5.82 Å². The molecule has 0 heterocycles. The third kappa shape index (κ3) is 4.22. The zero-order valence-corrected chi connectivity index (χ0v) is 9.98. The largest absolute Gasteiger partial charge is 0.388 e. The molecule has 0 saturated heterocycles. The van der Waals surface area contributed by atoms with Crippen molar-refractivity contribution in [3.8, 4) is 0 Å². The molecule has 0 spiro atoms. The Labute approximate surface area is 94.7 Å². The van der Waals surface area contributed by atoms with Gasteiger partial charge in [-0.3, -0.25) is 0 Å². The maximum absolute atomic E-state index is 13.1. The summed E-state index contributed by atoms with van der Waals surface area (Å²) in [6.07, 6.45) is 3.16. The normalized spacial score (nSPS) is 12.8. The van der Waals surface area contributed by atoms with E-state index in [4.69, 9.17) is 0 Å². The zero-order chi connectivity index (χ0) is 11.3. The third-order valence-electron chi connectivity index (χ3n) is 2.28. The molecule has 0 saturated carbocycles. The number of halogens is 1. The minimum Gasteiger partial charge on any atom is -0.388 e. The fraction of sp³-hybridized carbons (Fsp3) is 0.500. The van der Waals surface area contributed by atoms with E-state index in [9.17, 15) is 9.50 Å². The van der Waals surface area contributed by atoms with Gasteiger partial charge in [-0.1, -0.05) is 6.07 Å². The molecule has 0 aliphatic carbocycles. The van der Waals surface area contributed by atoms with Gasteiger partial charge in [-0.2, -0.15) is 11.8 Å². The molecule has 0 bridgehead atoms. The van der Waals surface area contributed by atoms with E-state index >= 15 is 0 Å². The molecule has 0 fully saturated rings. The quantitative estimate of drug-likeness (QED) is 0.780. The summed E-state index contributed by atoms with van der Waals surface area (Å²) in [6.45, 7) is 1.83. The molecule has 3 heteroatoms. The molecule has 1 aromatic rings. The van der Waals surface area contributed by atoms with Crippen LogP contribution in [-0.2, 0) is 0 Å². The smallest absolute Gasteiger partial charge is 0.123 e. The summed E-state index contributed by atoms with van der Waals surface area (Å²) in [5, 5.41) is 9.82. The number of thioether (sulfide) groups is 1. The summed E-state index contributed by atoms with van der Waals surface area (Å²) in [5.74, 6) is 0.764. The number of aryl methyl sites for hydroxylation is 1. The first-order valence-corrected chi connectivity index (χ1v) is 6.47. The Balaban J connectivity index is 2.60. The average molecular weight is 228 g/mol. The number of hydrogen-bond donors (Lipinski definition) is 1. The molecule has 0 radical (unpaired) electrons. The molecule has 1 nitrogen and oxygen atoms in total. The lowest BCUT2D eigenvalue weighted by Gasteiger charge is -2.11. The van der Waals surface area contributed by atoms with Crippen molar-refractivity contribution in [1.29, 1.82) is 0 Å². The van der Waals surface area contributed by atoms with Crippen molar-refractivity contribution in [2.24, 2.45) is 0 Å². The Hall–Kier alpha value is -0.540. The monoisotopic (exact) mass is 228 g/mol. The van der Waals surface area contributed by atoms with Gasteiger partial charge in [0.2, 0.25) is 0 Å². The Morgan fingerprint density at radius 2 is 2.13 bits per heavy atom. The number of aliphatic hydroxyl groups is 1. The number of benzene rings is 1.